The Morgan fingerprint density at radius 3 is 2.40 bits per heavy atom. The summed E-state index contributed by atoms with van der Waals surface area (Å²) in [6, 6.07) is 16.2. The van der Waals surface area contributed by atoms with Crippen LogP contribution in [-0.4, -0.2) is 49.2 Å². The molecule has 1 aliphatic carbocycles. The predicted octanol–water partition coefficient (Wildman–Crippen LogP) is 5.77. The summed E-state index contributed by atoms with van der Waals surface area (Å²) in [5, 5.41) is 3.07. The van der Waals surface area contributed by atoms with Gasteiger partial charge in [-0.3, -0.25) is 19.2 Å². The lowest BCUT2D eigenvalue weighted by Crippen LogP contribution is -2.44. The number of anilines is 1. The van der Waals surface area contributed by atoms with E-state index in [0.717, 1.165) is 50.9 Å². The Labute approximate surface area is 237 Å². The first-order chi connectivity index (χ1) is 19.5. The molecule has 2 aromatic rings. The van der Waals surface area contributed by atoms with Gasteiger partial charge in [0.2, 0.25) is 5.91 Å². The van der Waals surface area contributed by atoms with Crippen molar-refractivity contribution in [2.45, 2.75) is 77.2 Å². The zero-order valence-corrected chi connectivity index (χ0v) is 23.6. The molecule has 3 atom stereocenters. The molecule has 214 valence electrons. The number of hydrogen-bond acceptors (Lipinski definition) is 6. The summed E-state index contributed by atoms with van der Waals surface area (Å²) in [5.41, 5.74) is 2.21. The highest BCUT2D eigenvalue weighted by molar-refractivity contribution is 5.99. The minimum atomic E-state index is -0.490. The van der Waals surface area contributed by atoms with Crippen molar-refractivity contribution in [3.8, 4) is 0 Å². The van der Waals surface area contributed by atoms with E-state index in [1.807, 2.05) is 24.3 Å². The summed E-state index contributed by atoms with van der Waals surface area (Å²) in [7, 11) is 0. The monoisotopic (exact) mass is 546 g/mol. The minimum absolute atomic E-state index is 0.0306. The van der Waals surface area contributed by atoms with Crippen LogP contribution in [-0.2, 0) is 14.3 Å². The molecule has 2 aromatic carbocycles. The Morgan fingerprint density at radius 2 is 1.65 bits per heavy atom. The average Bonchev–Trinajstić information content (AvgIpc) is 3.46. The smallest absolute Gasteiger partial charge is 0.311 e. The summed E-state index contributed by atoms with van der Waals surface area (Å²) < 4.78 is 5.37. The maximum absolute atomic E-state index is 13.4. The number of carbonyl (C=O) groups is 4. The molecule has 1 heterocycles. The number of rotatable bonds is 13. The van der Waals surface area contributed by atoms with Gasteiger partial charge in [-0.1, -0.05) is 68.7 Å². The van der Waals surface area contributed by atoms with E-state index >= 15 is 0 Å². The van der Waals surface area contributed by atoms with Crippen LogP contribution in [0.25, 0.3) is 0 Å². The molecule has 0 bridgehead atoms. The second kappa shape index (κ2) is 14.8. The first-order valence-electron chi connectivity index (χ1n) is 14.9. The zero-order valence-electron chi connectivity index (χ0n) is 23.6. The van der Waals surface area contributed by atoms with Crippen molar-refractivity contribution in [3.63, 3.8) is 0 Å². The van der Waals surface area contributed by atoms with Crippen LogP contribution in [0.1, 0.15) is 91.8 Å². The molecule has 7 nitrogen and oxygen atoms in total. The number of esters is 1. The quantitative estimate of drug-likeness (QED) is 0.253. The topological polar surface area (TPSA) is 92.8 Å². The van der Waals surface area contributed by atoms with Crippen molar-refractivity contribution in [1.82, 2.24) is 5.32 Å². The molecule has 4 rings (SSSR count). The number of hydrogen-bond donors (Lipinski definition) is 1. The first-order valence-corrected chi connectivity index (χ1v) is 14.9. The Balaban J connectivity index is 1.35. The van der Waals surface area contributed by atoms with Crippen molar-refractivity contribution in [2.75, 3.05) is 24.6 Å². The number of nitrogens with one attached hydrogen (secondary N) is 1. The molecule has 0 radical (unpaired) electrons. The third-order valence-electron chi connectivity index (χ3n) is 8.19. The van der Waals surface area contributed by atoms with Gasteiger partial charge in [-0.2, -0.15) is 0 Å². The number of ketones is 2. The van der Waals surface area contributed by atoms with Gasteiger partial charge in [-0.05, 0) is 50.7 Å². The number of nitrogens with zero attached hydrogens (tertiary/aromatic N) is 1. The van der Waals surface area contributed by atoms with Crippen LogP contribution >= 0.6 is 0 Å². The number of piperidine rings is 1. The average molecular weight is 547 g/mol. The molecular formula is C33H42N2O5. The molecule has 40 heavy (non-hydrogen) atoms. The summed E-state index contributed by atoms with van der Waals surface area (Å²) in [4.78, 5) is 54.3. The largest absolute Gasteiger partial charge is 0.457 e. The van der Waals surface area contributed by atoms with E-state index in [9.17, 15) is 19.2 Å². The number of unbranched alkanes of at least 4 members (excludes halogenated alkanes) is 1. The lowest BCUT2D eigenvalue weighted by molar-refractivity contribution is -0.148. The molecule has 2 fully saturated rings. The lowest BCUT2D eigenvalue weighted by atomic mass is 9.91. The fourth-order valence-corrected chi connectivity index (χ4v) is 5.81. The van der Waals surface area contributed by atoms with Crippen molar-refractivity contribution in [3.05, 3.63) is 65.7 Å². The highest BCUT2D eigenvalue weighted by atomic mass is 16.5. The Kier molecular flexibility index (Phi) is 10.9. The fourth-order valence-electron chi connectivity index (χ4n) is 5.81. The van der Waals surface area contributed by atoms with E-state index in [-0.39, 0.29) is 36.5 Å². The van der Waals surface area contributed by atoms with Crippen molar-refractivity contribution in [1.29, 1.82) is 0 Å². The van der Waals surface area contributed by atoms with Gasteiger partial charge in [0.25, 0.3) is 0 Å². The van der Waals surface area contributed by atoms with Crippen molar-refractivity contribution in [2.24, 2.45) is 11.8 Å². The fraction of sp³-hybridized carbons (Fsp3) is 0.515. The molecule has 2 aliphatic rings. The van der Waals surface area contributed by atoms with E-state index in [1.54, 1.807) is 24.3 Å². The number of carbonyl (C=O) groups excluding carboxylic acids is 4. The summed E-state index contributed by atoms with van der Waals surface area (Å²) >= 11 is 0. The Bertz CT molecular complexity index is 1160. The maximum atomic E-state index is 13.4. The molecule has 0 aromatic heterocycles. The number of Topliss-reactive ketones (excluding diaryl/α,β-unsaturated/α-hetero) is 2. The predicted molar refractivity (Wildman–Crippen MR) is 155 cm³/mol. The Morgan fingerprint density at radius 1 is 0.900 bits per heavy atom. The third-order valence-corrected chi connectivity index (χ3v) is 8.19. The maximum Gasteiger partial charge on any atom is 0.311 e. The molecule has 1 aliphatic heterocycles. The normalized spacial score (nSPS) is 19.6. The summed E-state index contributed by atoms with van der Waals surface area (Å²) in [6.07, 6.45) is 8.17. The third kappa shape index (κ3) is 8.03. The van der Waals surface area contributed by atoms with Gasteiger partial charge in [0.05, 0.1) is 5.92 Å². The van der Waals surface area contributed by atoms with Gasteiger partial charge in [0, 0.05) is 48.3 Å². The first kappa shape index (κ1) is 29.5. The lowest BCUT2D eigenvalue weighted by Gasteiger charge is -2.29. The molecule has 1 amide bonds. The SMILES string of the molecule is CCCC[C@H](CC(=O)c1cccc(N2CCCCC2)c1)C(=O)N[C@H]1CCC[C@H]1C(=O)OCC(=O)c1ccccc1. The van der Waals surface area contributed by atoms with E-state index in [1.165, 1.54) is 6.42 Å². The van der Waals surface area contributed by atoms with E-state index < -0.39 is 17.8 Å². The number of benzene rings is 2. The highest BCUT2D eigenvalue weighted by Crippen LogP contribution is 2.29. The zero-order chi connectivity index (χ0) is 28.3. The van der Waals surface area contributed by atoms with Gasteiger partial charge in [0.15, 0.2) is 18.2 Å². The van der Waals surface area contributed by atoms with Crippen LogP contribution in [0, 0.1) is 11.8 Å². The Hall–Kier alpha value is -3.48. The van der Waals surface area contributed by atoms with E-state index in [0.29, 0.717) is 30.4 Å². The second-order valence-electron chi connectivity index (χ2n) is 11.1. The molecule has 1 saturated carbocycles. The van der Waals surface area contributed by atoms with Crippen LogP contribution in [0.4, 0.5) is 5.69 Å². The van der Waals surface area contributed by atoms with Crippen LogP contribution in [0.3, 0.4) is 0 Å². The van der Waals surface area contributed by atoms with Gasteiger partial charge in [0.1, 0.15) is 0 Å². The molecular weight excluding hydrogens is 504 g/mol. The van der Waals surface area contributed by atoms with Crippen molar-refractivity contribution >= 4 is 29.1 Å². The molecule has 1 N–H and O–H groups in total. The summed E-state index contributed by atoms with van der Waals surface area (Å²) in [5.74, 6) is -1.87. The van der Waals surface area contributed by atoms with Gasteiger partial charge >= 0.3 is 5.97 Å². The molecule has 7 heteroatoms. The van der Waals surface area contributed by atoms with E-state index in [4.69, 9.17) is 4.74 Å². The van der Waals surface area contributed by atoms with E-state index in [2.05, 4.69) is 23.2 Å². The van der Waals surface area contributed by atoms with Gasteiger partial charge < -0.3 is 15.0 Å². The van der Waals surface area contributed by atoms with Crippen LogP contribution in [0.2, 0.25) is 0 Å². The number of ether oxygens (including phenoxy) is 1. The van der Waals surface area contributed by atoms with Crippen LogP contribution < -0.4 is 10.2 Å². The molecule has 0 unspecified atom stereocenters. The van der Waals surface area contributed by atoms with Crippen molar-refractivity contribution < 1.29 is 23.9 Å². The molecule has 0 spiro atoms. The van der Waals surface area contributed by atoms with Gasteiger partial charge in [-0.15, -0.1) is 0 Å². The minimum Gasteiger partial charge on any atom is -0.457 e. The van der Waals surface area contributed by atoms with Crippen LogP contribution in [0.15, 0.2) is 54.6 Å². The number of amides is 1. The highest BCUT2D eigenvalue weighted by Gasteiger charge is 2.37. The van der Waals surface area contributed by atoms with Gasteiger partial charge in [-0.25, -0.2) is 0 Å². The summed E-state index contributed by atoms with van der Waals surface area (Å²) in [6.45, 7) is 3.76. The second-order valence-corrected chi connectivity index (χ2v) is 11.1. The standard InChI is InChI=1S/C33H42N2O5/c1-2-3-12-26(22-30(36)25-15-10-16-27(21-25)35-19-8-5-9-20-35)32(38)34-29-18-11-17-28(29)33(39)40-23-31(37)24-13-6-4-7-14-24/h4,6-7,10,13-16,21,26,28-29H,2-3,5,8-9,11-12,17-20,22-23H2,1H3,(H,34,38)/t26-,28-,29+/m1/s1. The molecule has 1 saturated heterocycles. The van der Waals surface area contributed by atoms with Crippen LogP contribution in [0.5, 0.6) is 0 Å².